The van der Waals surface area contributed by atoms with Crippen molar-refractivity contribution in [2.75, 3.05) is 7.11 Å². The molecule has 1 aliphatic carbocycles. The quantitative estimate of drug-likeness (QED) is 0.368. The van der Waals surface area contributed by atoms with E-state index in [0.717, 1.165) is 51.4 Å². The van der Waals surface area contributed by atoms with E-state index in [1.54, 1.807) is 7.11 Å². The molecule has 156 valence electrons. The molecule has 1 fully saturated rings. The Morgan fingerprint density at radius 1 is 1.21 bits per heavy atom. The standard InChI is InChI=1S/C24H36O4/c1-28-21(15-13-19-9-5-4-6-10-19)16-17-22-20(14-18-23(22)25)11-7-2-3-8-12-24(26)27/h2,4-7,9-10,20-23,25H,3,8,11-18H2,1H3,(H,26,27)/b7-2-/t20-,21-,22?,23+/m0/s1. The van der Waals surface area contributed by atoms with Gasteiger partial charge in [-0.3, -0.25) is 4.79 Å². The van der Waals surface area contributed by atoms with Crippen LogP contribution in [0.4, 0.5) is 0 Å². The minimum Gasteiger partial charge on any atom is -0.481 e. The maximum atomic E-state index is 10.5. The Kier molecular flexibility index (Phi) is 10.3. The topological polar surface area (TPSA) is 66.8 Å². The minimum atomic E-state index is -0.729. The molecule has 0 bridgehead atoms. The number of aliphatic carboxylic acids is 1. The van der Waals surface area contributed by atoms with E-state index in [-0.39, 0.29) is 18.6 Å². The molecule has 1 aromatic rings. The van der Waals surface area contributed by atoms with E-state index < -0.39 is 5.97 Å². The molecule has 4 nitrogen and oxygen atoms in total. The number of methoxy groups -OCH3 is 1. The number of benzene rings is 1. The lowest BCUT2D eigenvalue weighted by atomic mass is 9.86. The van der Waals surface area contributed by atoms with Gasteiger partial charge in [0.15, 0.2) is 0 Å². The van der Waals surface area contributed by atoms with Crippen LogP contribution in [0.1, 0.15) is 63.4 Å². The van der Waals surface area contributed by atoms with Crippen LogP contribution in [0.15, 0.2) is 42.5 Å². The molecule has 1 aliphatic rings. The number of carboxylic acids is 1. The van der Waals surface area contributed by atoms with Crippen molar-refractivity contribution in [3.05, 3.63) is 48.0 Å². The fourth-order valence-corrected chi connectivity index (χ4v) is 4.34. The van der Waals surface area contributed by atoms with E-state index >= 15 is 0 Å². The van der Waals surface area contributed by atoms with Crippen LogP contribution in [-0.2, 0) is 16.0 Å². The average molecular weight is 389 g/mol. The van der Waals surface area contributed by atoms with Crippen LogP contribution in [-0.4, -0.2) is 35.5 Å². The maximum Gasteiger partial charge on any atom is 0.303 e. The second kappa shape index (κ2) is 12.7. The molecule has 0 spiro atoms. The molecule has 0 aromatic heterocycles. The van der Waals surface area contributed by atoms with E-state index in [9.17, 15) is 9.90 Å². The summed E-state index contributed by atoms with van der Waals surface area (Å²) in [7, 11) is 1.79. The van der Waals surface area contributed by atoms with Gasteiger partial charge in [0.2, 0.25) is 0 Å². The summed E-state index contributed by atoms with van der Waals surface area (Å²) in [5.41, 5.74) is 1.34. The van der Waals surface area contributed by atoms with Crippen molar-refractivity contribution in [3.8, 4) is 0 Å². The molecular formula is C24H36O4. The van der Waals surface area contributed by atoms with Gasteiger partial charge < -0.3 is 14.9 Å². The van der Waals surface area contributed by atoms with Crippen molar-refractivity contribution in [1.29, 1.82) is 0 Å². The molecule has 1 aromatic carbocycles. The summed E-state index contributed by atoms with van der Waals surface area (Å²) in [6.45, 7) is 0. The van der Waals surface area contributed by atoms with Crippen LogP contribution < -0.4 is 0 Å². The zero-order valence-corrected chi connectivity index (χ0v) is 17.1. The number of carbonyl (C=O) groups is 1. The summed E-state index contributed by atoms with van der Waals surface area (Å²) in [4.78, 5) is 10.5. The second-order valence-corrected chi connectivity index (χ2v) is 8.02. The Morgan fingerprint density at radius 2 is 2.00 bits per heavy atom. The number of aryl methyl sites for hydroxylation is 1. The van der Waals surface area contributed by atoms with Crippen LogP contribution in [0.5, 0.6) is 0 Å². The predicted octanol–water partition coefficient (Wildman–Crippen LogP) is 5.00. The summed E-state index contributed by atoms with van der Waals surface area (Å²) in [6.07, 6.45) is 13.0. The molecule has 0 aliphatic heterocycles. The number of aliphatic hydroxyl groups excluding tert-OH is 1. The van der Waals surface area contributed by atoms with Gasteiger partial charge in [0.25, 0.3) is 0 Å². The van der Waals surface area contributed by atoms with Crippen LogP contribution in [0, 0.1) is 11.8 Å². The van der Waals surface area contributed by atoms with Gasteiger partial charge >= 0.3 is 5.97 Å². The Balaban J connectivity index is 1.73. The number of allylic oxidation sites excluding steroid dienone is 2. The normalized spacial score (nSPS) is 23.3. The van der Waals surface area contributed by atoms with Crippen molar-refractivity contribution in [2.45, 2.75) is 76.4 Å². The Morgan fingerprint density at radius 3 is 2.71 bits per heavy atom. The monoisotopic (exact) mass is 388 g/mol. The third kappa shape index (κ3) is 8.15. The number of unbranched alkanes of at least 4 members (excludes halogenated alkanes) is 1. The van der Waals surface area contributed by atoms with Crippen LogP contribution >= 0.6 is 0 Å². The van der Waals surface area contributed by atoms with Crippen molar-refractivity contribution < 1.29 is 19.7 Å². The highest BCUT2D eigenvalue weighted by Gasteiger charge is 2.34. The first-order valence-electron chi connectivity index (χ1n) is 10.7. The molecule has 4 atom stereocenters. The van der Waals surface area contributed by atoms with Gasteiger partial charge in [-0.2, -0.15) is 0 Å². The first kappa shape index (κ1) is 22.6. The third-order valence-electron chi connectivity index (χ3n) is 6.05. The summed E-state index contributed by atoms with van der Waals surface area (Å²) in [6, 6.07) is 10.5. The lowest BCUT2D eigenvalue weighted by Crippen LogP contribution is -2.22. The second-order valence-electron chi connectivity index (χ2n) is 8.02. The summed E-state index contributed by atoms with van der Waals surface area (Å²) >= 11 is 0. The molecule has 1 unspecified atom stereocenters. The zero-order chi connectivity index (χ0) is 20.2. The largest absolute Gasteiger partial charge is 0.481 e. The van der Waals surface area contributed by atoms with E-state index in [0.29, 0.717) is 18.3 Å². The molecule has 2 rings (SSSR count). The fourth-order valence-electron chi connectivity index (χ4n) is 4.34. The molecule has 4 heteroatoms. The van der Waals surface area contributed by atoms with E-state index in [4.69, 9.17) is 9.84 Å². The fraction of sp³-hybridized carbons (Fsp3) is 0.625. The number of rotatable bonds is 13. The highest BCUT2D eigenvalue weighted by Crippen LogP contribution is 2.38. The Labute approximate surface area is 169 Å². The van der Waals surface area contributed by atoms with Crippen molar-refractivity contribution in [2.24, 2.45) is 11.8 Å². The van der Waals surface area contributed by atoms with E-state index in [1.807, 2.05) is 6.07 Å². The van der Waals surface area contributed by atoms with Crippen LogP contribution in [0.25, 0.3) is 0 Å². The SMILES string of the molecule is CO[C@@H](CCc1ccccc1)CCC1[C@@H](C/C=C\CCCC(=O)O)CC[C@H]1O. The first-order valence-corrected chi connectivity index (χ1v) is 10.7. The predicted molar refractivity (Wildman–Crippen MR) is 112 cm³/mol. The molecular weight excluding hydrogens is 352 g/mol. The van der Waals surface area contributed by atoms with Crippen LogP contribution in [0.2, 0.25) is 0 Å². The highest BCUT2D eigenvalue weighted by molar-refractivity contribution is 5.66. The van der Waals surface area contributed by atoms with Gasteiger partial charge in [0.05, 0.1) is 12.2 Å². The number of hydrogen-bond acceptors (Lipinski definition) is 3. The smallest absolute Gasteiger partial charge is 0.303 e. The molecule has 2 N–H and O–H groups in total. The summed E-state index contributed by atoms with van der Waals surface area (Å²) in [5.74, 6) is 0.141. The number of ether oxygens (including phenoxy) is 1. The van der Waals surface area contributed by atoms with Gasteiger partial charge in [-0.05, 0) is 75.2 Å². The minimum absolute atomic E-state index is 0.197. The molecule has 0 heterocycles. The average Bonchev–Trinajstić information content (AvgIpc) is 3.05. The molecule has 1 saturated carbocycles. The Hall–Kier alpha value is -1.65. The van der Waals surface area contributed by atoms with Gasteiger partial charge in [0, 0.05) is 13.5 Å². The van der Waals surface area contributed by atoms with E-state index in [2.05, 4.69) is 36.4 Å². The van der Waals surface area contributed by atoms with E-state index in [1.165, 1.54) is 5.56 Å². The van der Waals surface area contributed by atoms with Gasteiger partial charge in [-0.1, -0.05) is 42.5 Å². The van der Waals surface area contributed by atoms with Crippen molar-refractivity contribution in [1.82, 2.24) is 0 Å². The summed E-state index contributed by atoms with van der Waals surface area (Å²) in [5, 5.41) is 19.1. The number of aliphatic hydroxyl groups is 1. The van der Waals surface area contributed by atoms with Crippen LogP contribution in [0.3, 0.4) is 0 Å². The van der Waals surface area contributed by atoms with Gasteiger partial charge in [0.1, 0.15) is 0 Å². The molecule has 0 amide bonds. The van der Waals surface area contributed by atoms with Gasteiger partial charge in [-0.25, -0.2) is 0 Å². The number of hydrogen-bond donors (Lipinski definition) is 2. The van der Waals surface area contributed by atoms with Crippen molar-refractivity contribution >= 4 is 5.97 Å². The lowest BCUT2D eigenvalue weighted by molar-refractivity contribution is -0.137. The molecule has 0 radical (unpaired) electrons. The lowest BCUT2D eigenvalue weighted by Gasteiger charge is -2.24. The summed E-state index contributed by atoms with van der Waals surface area (Å²) < 4.78 is 5.70. The molecule has 0 saturated heterocycles. The molecule has 28 heavy (non-hydrogen) atoms. The zero-order valence-electron chi connectivity index (χ0n) is 17.1. The van der Waals surface area contributed by atoms with Crippen molar-refractivity contribution in [3.63, 3.8) is 0 Å². The first-order chi connectivity index (χ1) is 13.6. The Bertz CT molecular complexity index is 584. The number of carboxylic acid groups (broad SMARTS) is 1. The van der Waals surface area contributed by atoms with Gasteiger partial charge in [-0.15, -0.1) is 0 Å². The third-order valence-corrected chi connectivity index (χ3v) is 6.05. The highest BCUT2D eigenvalue weighted by atomic mass is 16.5. The maximum absolute atomic E-state index is 10.5.